The van der Waals surface area contributed by atoms with Gasteiger partial charge >= 0.3 is 0 Å². The zero-order valence-electron chi connectivity index (χ0n) is 11.9. The first-order valence-electron chi connectivity index (χ1n) is 6.51. The van der Waals surface area contributed by atoms with Gasteiger partial charge in [-0.3, -0.25) is 4.79 Å². The maximum Gasteiger partial charge on any atom is 0.253 e. The molecule has 1 amide bonds. The smallest absolute Gasteiger partial charge is 0.253 e. The molecule has 4 nitrogen and oxygen atoms in total. The summed E-state index contributed by atoms with van der Waals surface area (Å²) in [6.45, 7) is 1.90. The van der Waals surface area contributed by atoms with Crippen LogP contribution in [0.2, 0.25) is 5.02 Å². The second-order valence-electron chi connectivity index (χ2n) is 4.70. The van der Waals surface area contributed by atoms with Crippen molar-refractivity contribution in [3.8, 4) is 5.75 Å². The molecular formula is C16H17ClN2O2. The molecule has 0 aliphatic carbocycles. The van der Waals surface area contributed by atoms with Gasteiger partial charge in [-0.05, 0) is 36.8 Å². The lowest BCUT2D eigenvalue weighted by atomic mass is 10.1. The highest BCUT2D eigenvalue weighted by Crippen LogP contribution is 2.21. The largest absolute Gasteiger partial charge is 0.497 e. The number of hydrogen-bond acceptors (Lipinski definition) is 3. The van der Waals surface area contributed by atoms with Gasteiger partial charge in [-0.2, -0.15) is 0 Å². The van der Waals surface area contributed by atoms with Crippen molar-refractivity contribution >= 4 is 23.2 Å². The number of hydrogen-bond donors (Lipinski definition) is 2. The molecule has 21 heavy (non-hydrogen) atoms. The summed E-state index contributed by atoms with van der Waals surface area (Å²) in [5.41, 5.74) is 7.66. The quantitative estimate of drug-likeness (QED) is 0.851. The number of nitrogens with two attached hydrogens (primary N) is 1. The number of ether oxygens (including phenoxy) is 1. The molecule has 2 aromatic rings. The van der Waals surface area contributed by atoms with Crippen LogP contribution in [0.1, 0.15) is 28.9 Å². The molecule has 0 aromatic heterocycles. The van der Waals surface area contributed by atoms with E-state index in [0.29, 0.717) is 22.0 Å². The van der Waals surface area contributed by atoms with E-state index in [9.17, 15) is 4.79 Å². The number of benzene rings is 2. The Bertz CT molecular complexity index is 641. The van der Waals surface area contributed by atoms with E-state index in [0.717, 1.165) is 5.56 Å². The molecule has 0 saturated heterocycles. The summed E-state index contributed by atoms with van der Waals surface area (Å²) in [5.74, 6) is 0.396. The maximum atomic E-state index is 12.3. The molecule has 0 spiro atoms. The van der Waals surface area contributed by atoms with E-state index in [-0.39, 0.29) is 11.9 Å². The molecule has 3 N–H and O–H groups in total. The van der Waals surface area contributed by atoms with Gasteiger partial charge in [-0.1, -0.05) is 23.7 Å². The highest BCUT2D eigenvalue weighted by atomic mass is 35.5. The van der Waals surface area contributed by atoms with Crippen LogP contribution in [0.25, 0.3) is 0 Å². The minimum atomic E-state index is -0.224. The Morgan fingerprint density at radius 3 is 2.48 bits per heavy atom. The van der Waals surface area contributed by atoms with Crippen molar-refractivity contribution in [3.05, 3.63) is 58.6 Å². The van der Waals surface area contributed by atoms with E-state index in [4.69, 9.17) is 22.1 Å². The number of carbonyl (C=O) groups is 1. The van der Waals surface area contributed by atoms with Crippen molar-refractivity contribution in [2.24, 2.45) is 0 Å². The third-order valence-corrected chi connectivity index (χ3v) is 3.47. The van der Waals surface area contributed by atoms with E-state index < -0.39 is 0 Å². The second-order valence-corrected chi connectivity index (χ2v) is 5.14. The molecular weight excluding hydrogens is 288 g/mol. The molecule has 5 heteroatoms. The Morgan fingerprint density at radius 1 is 1.24 bits per heavy atom. The molecule has 1 unspecified atom stereocenters. The number of nitrogen functional groups attached to an aromatic ring is 1. The average Bonchev–Trinajstić information content (AvgIpc) is 2.47. The van der Waals surface area contributed by atoms with Crippen molar-refractivity contribution in [3.63, 3.8) is 0 Å². The van der Waals surface area contributed by atoms with Gasteiger partial charge in [-0.25, -0.2) is 0 Å². The van der Waals surface area contributed by atoms with E-state index >= 15 is 0 Å². The van der Waals surface area contributed by atoms with Crippen LogP contribution >= 0.6 is 11.6 Å². The molecule has 0 saturated carbocycles. The van der Waals surface area contributed by atoms with E-state index in [1.165, 1.54) is 0 Å². The molecule has 110 valence electrons. The van der Waals surface area contributed by atoms with E-state index in [2.05, 4.69) is 5.32 Å². The van der Waals surface area contributed by atoms with Gasteiger partial charge in [0.1, 0.15) is 5.75 Å². The first-order chi connectivity index (χ1) is 10.0. The predicted octanol–water partition coefficient (Wildman–Crippen LogP) is 3.42. The highest BCUT2D eigenvalue weighted by molar-refractivity contribution is 6.30. The normalized spacial score (nSPS) is 11.8. The Kier molecular flexibility index (Phi) is 4.70. The highest BCUT2D eigenvalue weighted by Gasteiger charge is 2.14. The lowest BCUT2D eigenvalue weighted by Crippen LogP contribution is -2.27. The topological polar surface area (TPSA) is 64.3 Å². The number of amides is 1. The van der Waals surface area contributed by atoms with Crippen LogP contribution in [-0.2, 0) is 0 Å². The van der Waals surface area contributed by atoms with Crippen LogP contribution < -0.4 is 15.8 Å². The minimum Gasteiger partial charge on any atom is -0.497 e. The lowest BCUT2D eigenvalue weighted by molar-refractivity contribution is 0.0941. The fraction of sp³-hybridized carbons (Fsp3) is 0.188. The molecule has 0 heterocycles. The third kappa shape index (κ3) is 3.67. The van der Waals surface area contributed by atoms with Gasteiger partial charge in [0.2, 0.25) is 0 Å². The molecule has 0 aliphatic rings. The SMILES string of the molecule is COc1ccc(C(=O)NC(C)c2ccc(Cl)cc2)c(N)c1. The molecule has 2 aromatic carbocycles. The Labute approximate surface area is 128 Å². The molecule has 1 atom stereocenters. The summed E-state index contributed by atoms with van der Waals surface area (Å²) in [7, 11) is 1.55. The van der Waals surface area contributed by atoms with Gasteiger partial charge in [0, 0.05) is 16.8 Å². The first-order valence-corrected chi connectivity index (χ1v) is 6.89. The molecule has 0 bridgehead atoms. The van der Waals surface area contributed by atoms with Gasteiger partial charge < -0.3 is 15.8 Å². The number of halogens is 1. The number of anilines is 1. The van der Waals surface area contributed by atoms with Crippen LogP contribution in [0.4, 0.5) is 5.69 Å². The summed E-state index contributed by atoms with van der Waals surface area (Å²) in [4.78, 5) is 12.3. The Balaban J connectivity index is 2.12. The molecule has 0 radical (unpaired) electrons. The molecule has 2 rings (SSSR count). The number of methoxy groups -OCH3 is 1. The van der Waals surface area contributed by atoms with Gasteiger partial charge in [-0.15, -0.1) is 0 Å². The lowest BCUT2D eigenvalue weighted by Gasteiger charge is -2.15. The van der Waals surface area contributed by atoms with E-state index in [1.54, 1.807) is 37.4 Å². The van der Waals surface area contributed by atoms with Crippen molar-refractivity contribution < 1.29 is 9.53 Å². The van der Waals surface area contributed by atoms with Gasteiger partial charge in [0.15, 0.2) is 0 Å². The van der Waals surface area contributed by atoms with Crippen LogP contribution in [0.3, 0.4) is 0 Å². The van der Waals surface area contributed by atoms with Crippen molar-refractivity contribution in [2.75, 3.05) is 12.8 Å². The van der Waals surface area contributed by atoms with E-state index in [1.807, 2.05) is 19.1 Å². The summed E-state index contributed by atoms with van der Waals surface area (Å²) in [6.07, 6.45) is 0. The summed E-state index contributed by atoms with van der Waals surface area (Å²) < 4.78 is 5.07. The fourth-order valence-corrected chi connectivity index (χ4v) is 2.11. The molecule has 0 aliphatic heterocycles. The minimum absolute atomic E-state index is 0.142. The van der Waals surface area contributed by atoms with Crippen LogP contribution in [0.5, 0.6) is 5.75 Å². The van der Waals surface area contributed by atoms with Gasteiger partial charge in [0.25, 0.3) is 5.91 Å². The second kappa shape index (κ2) is 6.50. The summed E-state index contributed by atoms with van der Waals surface area (Å²) in [5, 5.41) is 3.57. The Hall–Kier alpha value is -2.20. The fourth-order valence-electron chi connectivity index (χ4n) is 1.98. The standard InChI is InChI=1S/C16H17ClN2O2/c1-10(11-3-5-12(17)6-4-11)19-16(20)14-8-7-13(21-2)9-15(14)18/h3-10H,18H2,1-2H3,(H,19,20). The zero-order chi connectivity index (χ0) is 15.4. The van der Waals surface area contributed by atoms with Crippen LogP contribution in [0.15, 0.2) is 42.5 Å². The Morgan fingerprint density at radius 2 is 1.90 bits per heavy atom. The summed E-state index contributed by atoms with van der Waals surface area (Å²) >= 11 is 5.85. The number of carbonyl (C=O) groups excluding carboxylic acids is 1. The van der Waals surface area contributed by atoms with Gasteiger partial charge in [0.05, 0.1) is 18.7 Å². The predicted molar refractivity (Wildman–Crippen MR) is 84.7 cm³/mol. The number of nitrogens with one attached hydrogen (secondary N) is 1. The van der Waals surface area contributed by atoms with Crippen molar-refractivity contribution in [1.82, 2.24) is 5.32 Å². The zero-order valence-corrected chi connectivity index (χ0v) is 12.6. The summed E-state index contributed by atoms with van der Waals surface area (Å²) in [6, 6.07) is 12.2. The van der Waals surface area contributed by atoms with Crippen molar-refractivity contribution in [1.29, 1.82) is 0 Å². The van der Waals surface area contributed by atoms with Crippen molar-refractivity contribution in [2.45, 2.75) is 13.0 Å². The average molecular weight is 305 g/mol. The number of rotatable bonds is 4. The molecule has 0 fully saturated rings. The van der Waals surface area contributed by atoms with Crippen LogP contribution in [0, 0.1) is 0 Å². The maximum absolute atomic E-state index is 12.3. The first kappa shape index (κ1) is 15.2. The van der Waals surface area contributed by atoms with Crippen LogP contribution in [-0.4, -0.2) is 13.0 Å². The monoisotopic (exact) mass is 304 g/mol. The third-order valence-electron chi connectivity index (χ3n) is 3.22.